The van der Waals surface area contributed by atoms with Crippen LogP contribution in [0.25, 0.3) is 10.4 Å². The molecular formula is C25H37N5O13. The fraction of sp³-hybridized carbons (Fsp3) is 0.800. The summed E-state index contributed by atoms with van der Waals surface area (Å²) in [7, 11) is 0. The molecule has 3 saturated heterocycles. The molecule has 240 valence electrons. The minimum atomic E-state index is -1.38. The SMILES string of the molecule is CC(=O)N[C@@H]1[C@@H](NC(C)=O)[C@@H](OC[C@@H](OC(C)=O)[C@H]2O[C@@H]3OC(C)(C)O[C@@H]3[C@H]2N=[N+]=[N-])O[C@H](COC(C)=O)[C@H]1OC(C)=O. The van der Waals surface area contributed by atoms with E-state index in [1.54, 1.807) is 13.8 Å². The zero-order chi connectivity index (χ0) is 32.1. The smallest absolute Gasteiger partial charge is 0.303 e. The molecule has 3 aliphatic heterocycles. The quantitative estimate of drug-likeness (QED) is 0.100. The van der Waals surface area contributed by atoms with E-state index in [0.29, 0.717) is 0 Å². The van der Waals surface area contributed by atoms with E-state index in [-0.39, 0.29) is 0 Å². The monoisotopic (exact) mass is 615 g/mol. The van der Waals surface area contributed by atoms with Gasteiger partial charge in [-0.1, -0.05) is 5.11 Å². The molecule has 0 bridgehead atoms. The first kappa shape index (κ1) is 34.0. The predicted molar refractivity (Wildman–Crippen MR) is 139 cm³/mol. The van der Waals surface area contributed by atoms with Gasteiger partial charge in [0.15, 0.2) is 30.6 Å². The number of nitrogens with zero attached hydrogens (tertiary/aromatic N) is 3. The molecule has 18 nitrogen and oxygen atoms in total. The molecule has 3 fully saturated rings. The fourth-order valence-electron chi connectivity index (χ4n) is 5.17. The molecular weight excluding hydrogens is 578 g/mol. The molecule has 0 spiro atoms. The van der Waals surface area contributed by atoms with Crippen molar-refractivity contribution in [1.82, 2.24) is 10.6 Å². The van der Waals surface area contributed by atoms with Crippen molar-refractivity contribution < 1.29 is 61.9 Å². The molecule has 43 heavy (non-hydrogen) atoms. The summed E-state index contributed by atoms with van der Waals surface area (Å²) >= 11 is 0. The molecule has 3 aliphatic rings. The van der Waals surface area contributed by atoms with Crippen molar-refractivity contribution in [2.45, 2.75) is 115 Å². The van der Waals surface area contributed by atoms with Crippen molar-refractivity contribution in [2.75, 3.05) is 13.2 Å². The predicted octanol–water partition coefficient (Wildman–Crippen LogP) is -0.281. The molecule has 3 heterocycles. The molecule has 0 aromatic rings. The lowest BCUT2D eigenvalue weighted by molar-refractivity contribution is -0.267. The number of rotatable bonds is 11. The highest BCUT2D eigenvalue weighted by Gasteiger charge is 2.57. The van der Waals surface area contributed by atoms with Crippen molar-refractivity contribution in [2.24, 2.45) is 5.11 Å². The topological polar surface area (TPSA) is 232 Å². The van der Waals surface area contributed by atoms with Crippen molar-refractivity contribution >= 4 is 29.7 Å². The van der Waals surface area contributed by atoms with E-state index < -0.39 is 110 Å². The summed E-state index contributed by atoms with van der Waals surface area (Å²) in [6.45, 7) is 8.38. The van der Waals surface area contributed by atoms with Gasteiger partial charge in [-0.25, -0.2) is 0 Å². The van der Waals surface area contributed by atoms with Gasteiger partial charge in [0, 0.05) is 39.5 Å². The molecule has 0 saturated carbocycles. The summed E-state index contributed by atoms with van der Waals surface area (Å²) in [4.78, 5) is 62.9. The molecule has 18 heteroatoms. The third-order valence-corrected chi connectivity index (χ3v) is 6.55. The van der Waals surface area contributed by atoms with Crippen LogP contribution < -0.4 is 10.6 Å². The fourth-order valence-corrected chi connectivity index (χ4v) is 5.17. The van der Waals surface area contributed by atoms with E-state index >= 15 is 0 Å². The number of carbonyl (C=O) groups is 5. The highest BCUT2D eigenvalue weighted by molar-refractivity contribution is 5.75. The molecule has 0 unspecified atom stereocenters. The van der Waals surface area contributed by atoms with Crippen LogP contribution in [0.4, 0.5) is 0 Å². The minimum absolute atomic E-state index is 0.401. The Morgan fingerprint density at radius 2 is 1.58 bits per heavy atom. The minimum Gasteiger partial charge on any atom is -0.463 e. The third-order valence-electron chi connectivity index (χ3n) is 6.55. The molecule has 0 aromatic carbocycles. The first-order valence-corrected chi connectivity index (χ1v) is 13.5. The van der Waals surface area contributed by atoms with Gasteiger partial charge in [-0.3, -0.25) is 24.0 Å². The summed E-state index contributed by atoms with van der Waals surface area (Å²) in [5, 5.41) is 9.07. The molecule has 0 radical (unpaired) electrons. The Labute approximate surface area is 246 Å². The van der Waals surface area contributed by atoms with Crippen molar-refractivity contribution in [3.8, 4) is 0 Å². The van der Waals surface area contributed by atoms with E-state index in [9.17, 15) is 29.5 Å². The van der Waals surface area contributed by atoms with Crippen LogP contribution in [0.1, 0.15) is 48.5 Å². The number of hydrogen-bond donors (Lipinski definition) is 2. The molecule has 2 N–H and O–H groups in total. The number of azide groups is 1. The highest BCUT2D eigenvalue weighted by atomic mass is 16.8. The Morgan fingerprint density at radius 3 is 2.14 bits per heavy atom. The summed E-state index contributed by atoms with van der Waals surface area (Å²) in [6.07, 6.45) is -7.78. The number of ether oxygens (including phenoxy) is 8. The van der Waals surface area contributed by atoms with Gasteiger partial charge >= 0.3 is 17.9 Å². The summed E-state index contributed by atoms with van der Waals surface area (Å²) in [5.41, 5.74) is 9.22. The number of nitrogens with one attached hydrogen (secondary N) is 2. The van der Waals surface area contributed by atoms with E-state index in [1.165, 1.54) is 20.8 Å². The second kappa shape index (κ2) is 14.3. The average molecular weight is 616 g/mol. The lowest BCUT2D eigenvalue weighted by Gasteiger charge is -2.46. The van der Waals surface area contributed by atoms with Crippen LogP contribution in [0.2, 0.25) is 0 Å². The zero-order valence-corrected chi connectivity index (χ0v) is 24.8. The number of fused-ring (bicyclic) bond motifs is 1. The van der Waals surface area contributed by atoms with Gasteiger partial charge < -0.3 is 48.5 Å². The number of hydrogen-bond acceptors (Lipinski definition) is 14. The van der Waals surface area contributed by atoms with E-state index in [4.69, 9.17) is 37.9 Å². The van der Waals surface area contributed by atoms with E-state index in [0.717, 1.165) is 13.8 Å². The maximum Gasteiger partial charge on any atom is 0.303 e. The zero-order valence-electron chi connectivity index (χ0n) is 24.8. The van der Waals surface area contributed by atoms with Gasteiger partial charge in [-0.2, -0.15) is 0 Å². The maximum absolute atomic E-state index is 12.2. The summed E-state index contributed by atoms with van der Waals surface area (Å²) in [6, 6.07) is -3.25. The van der Waals surface area contributed by atoms with Crippen LogP contribution in [-0.2, 0) is 61.9 Å². The summed E-state index contributed by atoms with van der Waals surface area (Å²) in [5.74, 6) is -4.19. The third kappa shape index (κ3) is 8.98. The van der Waals surface area contributed by atoms with Gasteiger partial charge in [0.05, 0.1) is 18.7 Å². The first-order chi connectivity index (χ1) is 20.1. The maximum atomic E-state index is 12.2. The normalized spacial score (nSPS) is 33.2. The number of esters is 3. The number of carbonyl (C=O) groups excluding carboxylic acids is 5. The van der Waals surface area contributed by atoms with Crippen molar-refractivity contribution in [1.29, 1.82) is 0 Å². The van der Waals surface area contributed by atoms with Crippen LogP contribution in [0, 0.1) is 0 Å². The largest absolute Gasteiger partial charge is 0.463 e. The Hall–Kier alpha value is -3.54. The molecule has 0 aliphatic carbocycles. The van der Waals surface area contributed by atoms with Gasteiger partial charge in [-0.15, -0.1) is 0 Å². The summed E-state index contributed by atoms with van der Waals surface area (Å²) < 4.78 is 45.6. The lowest BCUT2D eigenvalue weighted by atomic mass is 9.93. The first-order valence-electron chi connectivity index (χ1n) is 13.5. The molecule has 3 rings (SSSR count). The van der Waals surface area contributed by atoms with Crippen LogP contribution in [0.5, 0.6) is 0 Å². The Bertz CT molecular complexity index is 1130. The molecule has 0 aromatic heterocycles. The Morgan fingerprint density at radius 1 is 0.930 bits per heavy atom. The highest BCUT2D eigenvalue weighted by Crippen LogP contribution is 2.40. The average Bonchev–Trinajstić information content (AvgIpc) is 3.34. The van der Waals surface area contributed by atoms with Crippen LogP contribution >= 0.6 is 0 Å². The standard InChI is InChI=1S/C25H37N5O13/c1-10(31)27-17-18(28-11(2)32)23(40-16(8-36-12(3)33)20(17)39-14(5)35)37-9-15(38-13(4)34)21-19(29-30-26)22-24(41-21)43-25(6,7)42-22/h15-24H,8-9H2,1-7H3,(H,27,31)(H,28,32)/t15-,16-,17-,18-,19+,20-,21-,22-,23+,24-/m1/s1. The van der Waals surface area contributed by atoms with Gasteiger partial charge in [0.2, 0.25) is 11.8 Å². The Kier molecular flexibility index (Phi) is 11.3. The van der Waals surface area contributed by atoms with Gasteiger partial charge in [0.25, 0.3) is 0 Å². The number of amides is 2. The second-order valence-electron chi connectivity index (χ2n) is 10.6. The van der Waals surface area contributed by atoms with Crippen LogP contribution in [0.3, 0.4) is 0 Å². The van der Waals surface area contributed by atoms with Crippen LogP contribution in [0.15, 0.2) is 5.11 Å². The van der Waals surface area contributed by atoms with E-state index in [1.807, 2.05) is 0 Å². The van der Waals surface area contributed by atoms with Gasteiger partial charge in [-0.05, 0) is 19.4 Å². The lowest BCUT2D eigenvalue weighted by Crippen LogP contribution is -2.70. The Balaban J connectivity index is 1.92. The molecule has 2 amide bonds. The van der Waals surface area contributed by atoms with Crippen molar-refractivity contribution in [3.05, 3.63) is 10.4 Å². The second-order valence-corrected chi connectivity index (χ2v) is 10.6. The molecule has 10 atom stereocenters. The van der Waals surface area contributed by atoms with Crippen molar-refractivity contribution in [3.63, 3.8) is 0 Å². The van der Waals surface area contributed by atoms with E-state index in [2.05, 4.69) is 20.7 Å². The van der Waals surface area contributed by atoms with Crippen LogP contribution in [-0.4, -0.2) is 110 Å². The van der Waals surface area contributed by atoms with Gasteiger partial charge in [0.1, 0.15) is 31.0 Å².